The van der Waals surface area contributed by atoms with Crippen LogP contribution in [-0.4, -0.2) is 27.9 Å². The van der Waals surface area contributed by atoms with Crippen LogP contribution in [0.2, 0.25) is 0 Å². The molecule has 12 rings (SSSR count). The van der Waals surface area contributed by atoms with Crippen molar-refractivity contribution in [3.63, 3.8) is 0 Å². The number of hydrogen-bond donors (Lipinski definition) is 0. The first-order valence-corrected chi connectivity index (χ1v) is 18.9. The van der Waals surface area contributed by atoms with E-state index in [2.05, 4.69) is 212 Å². The van der Waals surface area contributed by atoms with Crippen molar-refractivity contribution in [2.24, 2.45) is 0 Å². The number of hydrogen-bond acceptors (Lipinski definition) is 2. The van der Waals surface area contributed by atoms with Crippen LogP contribution in [0.1, 0.15) is 0 Å². The van der Waals surface area contributed by atoms with Crippen molar-refractivity contribution in [3.8, 4) is 44.8 Å². The van der Waals surface area contributed by atoms with Gasteiger partial charge in [0.1, 0.15) is 0 Å². The quantitative estimate of drug-likeness (QED) is 0.178. The molecular weight excluding hydrogens is 685 g/mol. The van der Waals surface area contributed by atoms with Gasteiger partial charge in [0, 0.05) is 16.9 Å². The Balaban J connectivity index is 1.10. The molecule has 0 unspecified atom stereocenters. The molecule has 0 amide bonds. The number of rotatable bonds is 5. The first-order chi connectivity index (χ1) is 27.8. The Morgan fingerprint density at radius 1 is 0.304 bits per heavy atom. The van der Waals surface area contributed by atoms with Crippen molar-refractivity contribution in [1.29, 1.82) is 0 Å². The molecular formula is C50H32N6. The molecule has 0 aliphatic rings. The third kappa shape index (κ3) is 4.50. The maximum Gasteiger partial charge on any atom is 0.220 e. The second-order valence-corrected chi connectivity index (χ2v) is 14.3. The van der Waals surface area contributed by atoms with E-state index in [4.69, 9.17) is 9.97 Å². The first kappa shape index (κ1) is 30.7. The third-order valence-electron chi connectivity index (χ3n) is 11.2. The van der Waals surface area contributed by atoms with Crippen LogP contribution in [0.4, 0.5) is 0 Å². The largest absolute Gasteiger partial charge is 0.278 e. The summed E-state index contributed by atoms with van der Waals surface area (Å²) in [6.07, 6.45) is 0. The summed E-state index contributed by atoms with van der Waals surface area (Å²) in [5.74, 6) is 1.77. The van der Waals surface area contributed by atoms with Gasteiger partial charge in [-0.1, -0.05) is 127 Å². The van der Waals surface area contributed by atoms with E-state index in [9.17, 15) is 0 Å². The summed E-state index contributed by atoms with van der Waals surface area (Å²) in [5, 5.41) is 0. The summed E-state index contributed by atoms with van der Waals surface area (Å²) in [5.41, 5.74) is 17.6. The van der Waals surface area contributed by atoms with Crippen molar-refractivity contribution in [1.82, 2.24) is 27.9 Å². The van der Waals surface area contributed by atoms with Gasteiger partial charge in [-0.3, -0.25) is 17.9 Å². The number of para-hydroxylation sites is 5. The Hall–Kier alpha value is -7.70. The van der Waals surface area contributed by atoms with Crippen LogP contribution in [0.5, 0.6) is 0 Å². The number of nitrogens with zero attached hydrogens (tertiary/aromatic N) is 6. The fraction of sp³-hybridized carbons (Fsp3) is 0. The zero-order chi connectivity index (χ0) is 36.7. The van der Waals surface area contributed by atoms with Gasteiger partial charge in [-0.2, -0.15) is 0 Å². The average Bonchev–Trinajstić information content (AvgIpc) is 4.01. The van der Waals surface area contributed by atoms with Gasteiger partial charge < -0.3 is 0 Å². The van der Waals surface area contributed by atoms with E-state index >= 15 is 0 Å². The van der Waals surface area contributed by atoms with Gasteiger partial charge in [0.2, 0.25) is 11.6 Å². The van der Waals surface area contributed by atoms with Crippen LogP contribution in [-0.2, 0) is 0 Å². The van der Waals surface area contributed by atoms with Crippen LogP contribution in [0.3, 0.4) is 0 Å². The van der Waals surface area contributed by atoms with Gasteiger partial charge in [0.25, 0.3) is 0 Å². The number of aromatic nitrogens is 6. The molecule has 0 spiro atoms. The number of fused-ring (bicyclic) bond motifs is 10. The summed E-state index contributed by atoms with van der Waals surface area (Å²) in [6.45, 7) is 0. The summed E-state index contributed by atoms with van der Waals surface area (Å²) < 4.78 is 9.22. The molecule has 4 aromatic heterocycles. The normalized spacial score (nSPS) is 11.9. The molecule has 4 heterocycles. The fourth-order valence-corrected chi connectivity index (χ4v) is 8.61. The molecule has 0 aliphatic heterocycles. The van der Waals surface area contributed by atoms with Crippen LogP contribution < -0.4 is 0 Å². The van der Waals surface area contributed by atoms with Gasteiger partial charge in [0.15, 0.2) is 0 Å². The van der Waals surface area contributed by atoms with E-state index in [0.717, 1.165) is 78.2 Å². The van der Waals surface area contributed by atoms with E-state index in [1.807, 2.05) is 0 Å². The predicted octanol–water partition coefficient (Wildman–Crippen LogP) is 12.2. The van der Waals surface area contributed by atoms with Crippen molar-refractivity contribution >= 4 is 55.7 Å². The lowest BCUT2D eigenvalue weighted by Crippen LogP contribution is -1.97. The highest BCUT2D eigenvalue weighted by Crippen LogP contribution is 2.39. The molecule has 12 aromatic rings. The van der Waals surface area contributed by atoms with Gasteiger partial charge >= 0.3 is 0 Å². The maximum atomic E-state index is 5.23. The molecule has 0 bridgehead atoms. The van der Waals surface area contributed by atoms with Gasteiger partial charge in [0.05, 0.1) is 44.1 Å². The van der Waals surface area contributed by atoms with Crippen molar-refractivity contribution in [3.05, 3.63) is 194 Å². The smallest absolute Gasteiger partial charge is 0.220 e. The third-order valence-corrected chi connectivity index (χ3v) is 11.2. The lowest BCUT2D eigenvalue weighted by Gasteiger charge is -2.12. The predicted molar refractivity (Wildman–Crippen MR) is 229 cm³/mol. The van der Waals surface area contributed by atoms with E-state index in [1.54, 1.807) is 0 Å². The van der Waals surface area contributed by atoms with Gasteiger partial charge in [-0.05, 0) is 94.5 Å². The Morgan fingerprint density at radius 3 is 1.38 bits per heavy atom. The first-order valence-electron chi connectivity index (χ1n) is 18.9. The molecule has 0 saturated heterocycles. The highest BCUT2D eigenvalue weighted by molar-refractivity contribution is 6.02. The minimum Gasteiger partial charge on any atom is -0.278 e. The van der Waals surface area contributed by atoms with E-state index < -0.39 is 0 Å². The second kappa shape index (κ2) is 11.9. The highest BCUT2D eigenvalue weighted by Gasteiger charge is 2.22. The van der Waals surface area contributed by atoms with E-state index in [1.165, 1.54) is 22.3 Å². The minimum atomic E-state index is 0.885. The van der Waals surface area contributed by atoms with Crippen LogP contribution in [0, 0.1) is 0 Å². The molecule has 0 aliphatic carbocycles. The summed E-state index contributed by atoms with van der Waals surface area (Å²) in [4.78, 5) is 10.4. The zero-order valence-corrected chi connectivity index (χ0v) is 30.2. The Bertz CT molecular complexity index is 3440. The molecule has 0 fully saturated rings. The molecule has 8 aromatic carbocycles. The van der Waals surface area contributed by atoms with Gasteiger partial charge in [-0.15, -0.1) is 0 Å². The highest BCUT2D eigenvalue weighted by atomic mass is 15.2. The maximum absolute atomic E-state index is 5.23. The minimum absolute atomic E-state index is 0.885. The van der Waals surface area contributed by atoms with Crippen LogP contribution >= 0.6 is 0 Å². The monoisotopic (exact) mass is 716 g/mol. The SMILES string of the molecule is c1ccc(-c2ccc(-n3c4ccc(-c5cccc6c5n(-c5ccc(-c7ccccc7)cc5)c5nc7ccccc7n65)cc4n4c5ccccc5nc34)cc2)cc1. The number of benzene rings is 8. The number of imidazole rings is 4. The molecule has 6 heteroatoms. The van der Waals surface area contributed by atoms with Crippen molar-refractivity contribution in [2.45, 2.75) is 0 Å². The standard InChI is InChI=1S/C50H32N6/c1-3-12-33(13-4-1)35-22-27-38(28-23-35)53-45-31-26-37(32-47(45)56-44-20-10-8-18-42(44)51-49(53)56)40-16-11-21-46-48(40)54(50-52-41-17-7-9-19-43(41)55(46)50)39-29-24-36(25-30-39)34-14-5-2-6-15-34/h1-32H. The second-order valence-electron chi connectivity index (χ2n) is 14.3. The molecule has 56 heavy (non-hydrogen) atoms. The molecule has 0 N–H and O–H groups in total. The van der Waals surface area contributed by atoms with Crippen LogP contribution in [0.15, 0.2) is 194 Å². The topological polar surface area (TPSA) is 44.5 Å². The Morgan fingerprint density at radius 2 is 0.768 bits per heavy atom. The summed E-state index contributed by atoms with van der Waals surface area (Å²) in [7, 11) is 0. The Labute approximate surface area is 321 Å². The molecule has 0 saturated carbocycles. The van der Waals surface area contributed by atoms with Gasteiger partial charge in [-0.25, -0.2) is 9.97 Å². The molecule has 0 radical (unpaired) electrons. The fourth-order valence-electron chi connectivity index (χ4n) is 8.61. The van der Waals surface area contributed by atoms with E-state index in [0.29, 0.717) is 0 Å². The summed E-state index contributed by atoms with van der Waals surface area (Å²) >= 11 is 0. The zero-order valence-electron chi connectivity index (χ0n) is 30.2. The van der Waals surface area contributed by atoms with Crippen molar-refractivity contribution < 1.29 is 0 Å². The van der Waals surface area contributed by atoms with Crippen LogP contribution in [0.25, 0.3) is 100 Å². The molecule has 262 valence electrons. The average molecular weight is 717 g/mol. The van der Waals surface area contributed by atoms with E-state index in [-0.39, 0.29) is 0 Å². The molecule has 6 nitrogen and oxygen atoms in total. The molecule has 0 atom stereocenters. The summed E-state index contributed by atoms with van der Waals surface area (Å²) in [6, 6.07) is 69.0. The lowest BCUT2D eigenvalue weighted by atomic mass is 10.0. The van der Waals surface area contributed by atoms with Crippen molar-refractivity contribution in [2.75, 3.05) is 0 Å². The lowest BCUT2D eigenvalue weighted by molar-refractivity contribution is 1.11. The Kier molecular flexibility index (Phi) is 6.53.